The lowest BCUT2D eigenvalue weighted by Crippen LogP contribution is -2.19. The Kier molecular flexibility index (Phi) is 9.73. The largest absolute Gasteiger partial charge is 0.495 e. The number of benzene rings is 3. The Bertz CT molecular complexity index is 1550. The zero-order chi connectivity index (χ0) is 29.7. The highest BCUT2D eigenvalue weighted by Crippen LogP contribution is 2.33. The Hall–Kier alpha value is -3.72. The average molecular weight is 607 g/mol. The van der Waals surface area contributed by atoms with Crippen molar-refractivity contribution in [3.63, 3.8) is 0 Å². The van der Waals surface area contributed by atoms with Gasteiger partial charge in [-0.25, -0.2) is 34.4 Å². The van der Waals surface area contributed by atoms with E-state index >= 15 is 0 Å². The zero-order valence-electron chi connectivity index (χ0n) is 21.6. The molecule has 3 aromatic rings. The molecule has 40 heavy (non-hydrogen) atoms. The van der Waals surface area contributed by atoms with Crippen LogP contribution in [0.15, 0.2) is 52.3 Å². The third-order valence-corrected chi connectivity index (χ3v) is 7.90. The van der Waals surface area contributed by atoms with Crippen molar-refractivity contribution in [3.05, 3.63) is 65.7 Å². The summed E-state index contributed by atoms with van der Waals surface area (Å²) in [6.07, 6.45) is 1.12. The number of halogens is 4. The van der Waals surface area contributed by atoms with E-state index in [1.807, 2.05) is 0 Å². The molecule has 0 fully saturated rings. The van der Waals surface area contributed by atoms with Crippen molar-refractivity contribution in [1.29, 1.82) is 0 Å². The van der Waals surface area contributed by atoms with E-state index in [4.69, 9.17) is 14.2 Å². The number of methoxy groups -OCH3 is 1. The van der Waals surface area contributed by atoms with Crippen LogP contribution in [0.1, 0.15) is 26.7 Å². The van der Waals surface area contributed by atoms with Crippen molar-refractivity contribution < 1.29 is 48.6 Å². The zero-order valence-corrected chi connectivity index (χ0v) is 23.2. The normalized spacial score (nSPS) is 11.7. The summed E-state index contributed by atoms with van der Waals surface area (Å²) < 4.78 is 129. The average Bonchev–Trinajstić information content (AvgIpc) is 2.90. The van der Waals surface area contributed by atoms with Crippen LogP contribution in [0.4, 0.5) is 28.9 Å². The number of sulfonamides is 2. The Labute approximate surface area is 229 Å². The first-order valence-corrected chi connectivity index (χ1v) is 14.8. The molecule has 0 radical (unpaired) electrons. The van der Waals surface area contributed by atoms with Crippen molar-refractivity contribution in [2.75, 3.05) is 29.8 Å². The minimum atomic E-state index is -4.87. The number of nitrogens with one attached hydrogen (secondary N) is 2. The van der Waals surface area contributed by atoms with Crippen molar-refractivity contribution >= 4 is 31.4 Å². The van der Waals surface area contributed by atoms with Crippen LogP contribution in [-0.4, -0.2) is 37.2 Å². The minimum absolute atomic E-state index is 0.159. The van der Waals surface area contributed by atoms with E-state index in [1.165, 1.54) is 0 Å². The predicted molar refractivity (Wildman–Crippen MR) is 139 cm³/mol. The molecule has 3 aromatic carbocycles. The number of ether oxygens (including phenoxy) is 3. The molecule has 0 aliphatic carbocycles. The van der Waals surface area contributed by atoms with Crippen LogP contribution in [0.25, 0.3) is 0 Å². The quantitative estimate of drug-likeness (QED) is 0.249. The topological polar surface area (TPSA) is 120 Å². The van der Waals surface area contributed by atoms with E-state index in [1.54, 1.807) is 23.3 Å². The summed E-state index contributed by atoms with van der Waals surface area (Å²) in [5.74, 6) is -5.86. The minimum Gasteiger partial charge on any atom is -0.495 e. The Morgan fingerprint density at radius 3 is 1.50 bits per heavy atom. The lowest BCUT2D eigenvalue weighted by molar-refractivity contribution is 0.314. The molecule has 3 rings (SSSR count). The van der Waals surface area contributed by atoms with Crippen LogP contribution in [0, 0.1) is 23.3 Å². The number of hydrogen-bond donors (Lipinski definition) is 2. The summed E-state index contributed by atoms with van der Waals surface area (Å²) >= 11 is 0. The molecule has 0 bridgehead atoms. The standard InChI is InChI=1S/C25H26F4N2O7S2/c1-4-8-37-15-10-18(26)24(19(27)11-15)30-39(32,33)17-6-7-22(36-3)23(14-17)40(34,35)31-25-20(28)12-16(13-21(25)29)38-9-5-2/h6-7,10-14,30-31H,4-5,8-9H2,1-3H3. The van der Waals surface area contributed by atoms with Gasteiger partial charge in [0.1, 0.15) is 33.5 Å². The third kappa shape index (κ3) is 7.07. The first kappa shape index (κ1) is 30.8. The van der Waals surface area contributed by atoms with Gasteiger partial charge in [-0.2, -0.15) is 0 Å². The Morgan fingerprint density at radius 1 is 0.675 bits per heavy atom. The summed E-state index contributed by atoms with van der Waals surface area (Å²) in [6, 6.07) is 5.59. The number of rotatable bonds is 13. The SMILES string of the molecule is CCCOc1cc(F)c(NS(=O)(=O)c2ccc(OC)c(S(=O)(=O)Nc3c(F)cc(OCCC)cc3F)c2)c(F)c1. The first-order chi connectivity index (χ1) is 18.8. The van der Waals surface area contributed by atoms with Gasteiger partial charge >= 0.3 is 0 Å². The monoisotopic (exact) mass is 606 g/mol. The second-order valence-electron chi connectivity index (χ2n) is 8.24. The van der Waals surface area contributed by atoms with Gasteiger partial charge < -0.3 is 14.2 Å². The molecule has 0 amide bonds. The highest BCUT2D eigenvalue weighted by atomic mass is 32.2. The second-order valence-corrected chi connectivity index (χ2v) is 11.6. The van der Waals surface area contributed by atoms with Gasteiger partial charge in [-0.3, -0.25) is 9.44 Å². The van der Waals surface area contributed by atoms with Gasteiger partial charge in [0.15, 0.2) is 23.3 Å². The van der Waals surface area contributed by atoms with E-state index in [2.05, 4.69) is 0 Å². The molecule has 0 unspecified atom stereocenters. The molecule has 0 saturated heterocycles. The Morgan fingerprint density at radius 2 is 1.10 bits per heavy atom. The smallest absolute Gasteiger partial charge is 0.265 e. The lowest BCUT2D eigenvalue weighted by atomic mass is 10.3. The van der Waals surface area contributed by atoms with Crippen molar-refractivity contribution in [2.24, 2.45) is 0 Å². The first-order valence-electron chi connectivity index (χ1n) is 11.8. The number of hydrogen-bond acceptors (Lipinski definition) is 7. The van der Waals surface area contributed by atoms with Gasteiger partial charge in [0.25, 0.3) is 20.0 Å². The fourth-order valence-corrected chi connectivity index (χ4v) is 5.77. The summed E-state index contributed by atoms with van der Waals surface area (Å²) in [7, 11) is -8.57. The van der Waals surface area contributed by atoms with Crippen LogP contribution in [0.3, 0.4) is 0 Å². The molecular weight excluding hydrogens is 580 g/mol. The second kappa shape index (κ2) is 12.6. The van der Waals surface area contributed by atoms with E-state index < -0.39 is 64.5 Å². The van der Waals surface area contributed by atoms with Gasteiger partial charge in [0.05, 0.1) is 25.2 Å². The highest BCUT2D eigenvalue weighted by molar-refractivity contribution is 7.93. The molecule has 0 spiro atoms. The maximum absolute atomic E-state index is 14.6. The fourth-order valence-electron chi connectivity index (χ4n) is 3.32. The molecule has 9 nitrogen and oxygen atoms in total. The lowest BCUT2D eigenvalue weighted by Gasteiger charge is -2.16. The van der Waals surface area contributed by atoms with Gasteiger partial charge in [-0.1, -0.05) is 13.8 Å². The van der Waals surface area contributed by atoms with Crippen LogP contribution < -0.4 is 23.7 Å². The maximum Gasteiger partial charge on any atom is 0.265 e. The molecule has 218 valence electrons. The molecule has 0 aliphatic rings. The van der Waals surface area contributed by atoms with Crippen LogP contribution in [0.5, 0.6) is 17.2 Å². The van der Waals surface area contributed by atoms with Crippen LogP contribution in [0.2, 0.25) is 0 Å². The van der Waals surface area contributed by atoms with Crippen LogP contribution >= 0.6 is 0 Å². The van der Waals surface area contributed by atoms with Crippen molar-refractivity contribution in [2.45, 2.75) is 36.5 Å². The molecule has 0 aromatic heterocycles. The summed E-state index contributed by atoms with van der Waals surface area (Å²) in [6.45, 7) is 3.89. The number of anilines is 2. The molecule has 0 atom stereocenters. The fraction of sp³-hybridized carbons (Fsp3) is 0.280. The van der Waals surface area contributed by atoms with Gasteiger partial charge in [0.2, 0.25) is 0 Å². The van der Waals surface area contributed by atoms with Gasteiger partial charge in [0, 0.05) is 24.3 Å². The van der Waals surface area contributed by atoms with E-state index in [0.29, 0.717) is 18.9 Å². The summed E-state index contributed by atoms with van der Waals surface area (Å²) in [5, 5.41) is 0. The van der Waals surface area contributed by atoms with Crippen molar-refractivity contribution in [1.82, 2.24) is 0 Å². The summed E-state index contributed by atoms with van der Waals surface area (Å²) in [5.41, 5.74) is -2.08. The van der Waals surface area contributed by atoms with Gasteiger partial charge in [-0.05, 0) is 31.0 Å². The van der Waals surface area contributed by atoms with E-state index in [0.717, 1.165) is 43.5 Å². The molecule has 0 heterocycles. The predicted octanol–water partition coefficient (Wildman–Crippen LogP) is 5.43. The molecular formula is C25H26F4N2O7S2. The molecule has 0 saturated carbocycles. The van der Waals surface area contributed by atoms with E-state index in [9.17, 15) is 34.4 Å². The Balaban J connectivity index is 1.97. The molecule has 2 N–H and O–H groups in total. The van der Waals surface area contributed by atoms with Crippen molar-refractivity contribution in [3.8, 4) is 17.2 Å². The highest BCUT2D eigenvalue weighted by Gasteiger charge is 2.28. The van der Waals surface area contributed by atoms with E-state index in [-0.39, 0.29) is 30.5 Å². The summed E-state index contributed by atoms with van der Waals surface area (Å²) in [4.78, 5) is -1.57. The molecule has 0 aliphatic heterocycles. The maximum atomic E-state index is 14.6. The third-order valence-electron chi connectivity index (χ3n) is 5.18. The van der Waals surface area contributed by atoms with Gasteiger partial charge in [-0.15, -0.1) is 0 Å². The molecule has 15 heteroatoms. The van der Waals surface area contributed by atoms with Crippen LogP contribution in [-0.2, 0) is 20.0 Å².